The maximum Gasteiger partial charge on any atom is 0.178 e. The van der Waals surface area contributed by atoms with Crippen LogP contribution in [0.3, 0.4) is 0 Å². The number of hydrazone groups is 1. The summed E-state index contributed by atoms with van der Waals surface area (Å²) in [5.74, 6) is -0.357. The van der Waals surface area contributed by atoms with Gasteiger partial charge in [-0.2, -0.15) is 5.10 Å². The number of alkyl halides is 1. The molecule has 0 spiro atoms. The molecule has 0 bridgehead atoms. The summed E-state index contributed by atoms with van der Waals surface area (Å²) in [6, 6.07) is 0. The van der Waals surface area contributed by atoms with Crippen molar-refractivity contribution < 1.29 is 23.8 Å². The Hall–Kier alpha value is -1.57. The van der Waals surface area contributed by atoms with Gasteiger partial charge in [0.25, 0.3) is 0 Å². The van der Waals surface area contributed by atoms with Crippen LogP contribution in [0.25, 0.3) is 0 Å². The van der Waals surface area contributed by atoms with Crippen molar-refractivity contribution in [2.24, 2.45) is 33.7 Å². The van der Waals surface area contributed by atoms with Gasteiger partial charge in [-0.05, 0) is 81.4 Å². The normalized spacial score (nSPS) is 42.1. The highest BCUT2D eigenvalue weighted by atomic mass is 19.1. The summed E-state index contributed by atoms with van der Waals surface area (Å²) in [5, 5.41) is 16.9. The highest BCUT2D eigenvalue weighted by Gasteiger charge is 2.68. The Morgan fingerprint density at radius 3 is 2.56 bits per heavy atom. The maximum absolute atomic E-state index is 15.6. The summed E-state index contributed by atoms with van der Waals surface area (Å²) < 4.78 is 28.1. The fraction of sp³-hybridized carbons (Fsp3) is 0.778. The van der Waals surface area contributed by atoms with E-state index in [1.54, 1.807) is 18.2 Å². The molecule has 0 aromatic heterocycles. The Kier molecular flexibility index (Phi) is 6.40. The molecule has 0 radical (unpaired) electrons. The number of carbonyl (C=O) groups excluding carboxylic acids is 1. The number of ether oxygens (including phenoxy) is 2. The topological polar surface area (TPSA) is 71.4 Å². The van der Waals surface area contributed by atoms with Crippen molar-refractivity contribution in [2.75, 3.05) is 27.8 Å². The second kappa shape index (κ2) is 8.52. The Bertz CT molecular complexity index is 928. The van der Waals surface area contributed by atoms with Crippen LogP contribution in [-0.2, 0) is 14.3 Å². The molecule has 0 aromatic rings. The molecular weight excluding hydrogens is 435 g/mol. The Morgan fingerprint density at radius 1 is 1.26 bits per heavy atom. The van der Waals surface area contributed by atoms with Crippen LogP contribution in [0.5, 0.6) is 0 Å². The van der Waals surface area contributed by atoms with Crippen molar-refractivity contribution in [2.45, 2.75) is 77.4 Å². The molecule has 4 rings (SSSR count). The van der Waals surface area contributed by atoms with E-state index in [0.717, 1.165) is 19.3 Å². The number of fused-ring (bicyclic) bond motifs is 5. The lowest BCUT2D eigenvalue weighted by Gasteiger charge is -2.60. The van der Waals surface area contributed by atoms with Crippen molar-refractivity contribution in [3.05, 3.63) is 23.8 Å². The molecule has 34 heavy (non-hydrogen) atoms. The van der Waals surface area contributed by atoms with Gasteiger partial charge in [0.1, 0.15) is 11.8 Å². The zero-order chi connectivity index (χ0) is 25.1. The van der Waals surface area contributed by atoms with E-state index >= 15 is 4.39 Å². The van der Waals surface area contributed by atoms with Crippen LogP contribution in [0, 0.1) is 28.6 Å². The summed E-state index contributed by atoms with van der Waals surface area (Å²) in [5.41, 5.74) is -0.340. The van der Waals surface area contributed by atoms with E-state index in [1.807, 2.05) is 34.0 Å². The van der Waals surface area contributed by atoms with E-state index in [4.69, 9.17) is 14.6 Å². The molecule has 0 heterocycles. The number of allylic oxidation sites excluding steroid dienone is 4. The first-order chi connectivity index (χ1) is 15.8. The number of carbonyl (C=O) groups is 1. The van der Waals surface area contributed by atoms with Gasteiger partial charge in [0, 0.05) is 32.0 Å². The molecule has 3 fully saturated rings. The van der Waals surface area contributed by atoms with Crippen LogP contribution < -0.4 is 0 Å². The fourth-order valence-corrected chi connectivity index (χ4v) is 7.84. The third kappa shape index (κ3) is 3.70. The Labute approximate surface area is 203 Å². The first-order valence-electron chi connectivity index (χ1n) is 12.5. The van der Waals surface area contributed by atoms with Crippen LogP contribution in [0.4, 0.5) is 4.39 Å². The summed E-state index contributed by atoms with van der Waals surface area (Å²) in [6.07, 6.45) is 7.74. The molecule has 190 valence electrons. The van der Waals surface area contributed by atoms with E-state index in [0.29, 0.717) is 24.1 Å². The monoisotopic (exact) mass is 476 g/mol. The zero-order valence-corrected chi connectivity index (χ0v) is 21.7. The van der Waals surface area contributed by atoms with Crippen molar-refractivity contribution in [1.29, 1.82) is 0 Å². The van der Waals surface area contributed by atoms with E-state index in [-0.39, 0.29) is 35.6 Å². The first kappa shape index (κ1) is 25.5. The lowest BCUT2D eigenvalue weighted by atomic mass is 9.46. The van der Waals surface area contributed by atoms with Crippen LogP contribution in [0.15, 0.2) is 28.9 Å². The summed E-state index contributed by atoms with van der Waals surface area (Å²) in [4.78, 5) is 12.0. The van der Waals surface area contributed by atoms with Crippen LogP contribution >= 0.6 is 0 Å². The first-order valence-corrected chi connectivity index (χ1v) is 12.5. The van der Waals surface area contributed by atoms with Crippen molar-refractivity contribution in [3.8, 4) is 0 Å². The van der Waals surface area contributed by atoms with Crippen molar-refractivity contribution >= 4 is 11.5 Å². The third-order valence-corrected chi connectivity index (χ3v) is 9.51. The molecule has 0 aromatic carbocycles. The number of hydrogen-bond acceptors (Lipinski definition) is 6. The smallest absolute Gasteiger partial charge is 0.178 e. The number of aliphatic hydroxyl groups excluding tert-OH is 1. The molecule has 1 N–H and O–H groups in total. The Morgan fingerprint density at radius 2 is 1.94 bits per heavy atom. The number of halogens is 1. The van der Waals surface area contributed by atoms with Crippen LogP contribution in [0.2, 0.25) is 0 Å². The molecule has 3 saturated carbocycles. The van der Waals surface area contributed by atoms with Gasteiger partial charge in [0.15, 0.2) is 11.6 Å². The molecule has 0 aliphatic heterocycles. The number of aliphatic hydroxyl groups is 1. The van der Waals surface area contributed by atoms with Gasteiger partial charge in [-0.15, -0.1) is 0 Å². The molecular formula is C27H41FN2O4. The summed E-state index contributed by atoms with van der Waals surface area (Å²) >= 11 is 0. The highest BCUT2D eigenvalue weighted by Crippen LogP contribution is 2.68. The second-order valence-electron chi connectivity index (χ2n) is 11.8. The van der Waals surface area contributed by atoms with E-state index < -0.39 is 23.0 Å². The molecule has 6 nitrogen and oxygen atoms in total. The quantitative estimate of drug-likeness (QED) is 0.352. The van der Waals surface area contributed by atoms with E-state index in [2.05, 4.69) is 13.8 Å². The molecule has 7 heteroatoms. The van der Waals surface area contributed by atoms with Gasteiger partial charge in [-0.1, -0.05) is 19.9 Å². The lowest BCUT2D eigenvalue weighted by Crippen LogP contribution is -2.62. The SMILES string of the molecule is COC(C)(C)O[C@]1(/C(CO)=N/N(C)C)CCC2C3C[C@H](F)C4=CC(=O)C=CC4(C)[C@H]3CCC21C. The van der Waals surface area contributed by atoms with Gasteiger partial charge in [0.2, 0.25) is 0 Å². The molecule has 4 aliphatic rings. The number of methoxy groups -OCH3 is 1. The minimum atomic E-state index is -1.12. The standard InChI is InChI=1S/C27H41FN2O4/c1-24(2,33-7)34-27(23(16-31)29-30(5)6)13-10-20-18-15-22(28)21-14-17(32)8-11-25(21,3)19(18)9-12-26(20,27)4/h8,11,14,18-20,22,31H,9-10,12-13,15-16H2,1-7H3/b29-23+/t18?,19-,20?,22-,25?,26?,27-/m0/s1. The molecule has 0 saturated heterocycles. The van der Waals surface area contributed by atoms with E-state index in [9.17, 15) is 9.90 Å². The van der Waals surface area contributed by atoms with Crippen molar-refractivity contribution in [3.63, 3.8) is 0 Å². The predicted octanol–water partition coefficient (Wildman–Crippen LogP) is 4.29. The third-order valence-electron chi connectivity index (χ3n) is 9.51. The lowest BCUT2D eigenvalue weighted by molar-refractivity contribution is -0.269. The van der Waals surface area contributed by atoms with Gasteiger partial charge >= 0.3 is 0 Å². The van der Waals surface area contributed by atoms with Gasteiger partial charge < -0.3 is 19.6 Å². The number of hydrogen-bond donors (Lipinski definition) is 1. The fourth-order valence-electron chi connectivity index (χ4n) is 7.84. The maximum atomic E-state index is 15.6. The minimum absolute atomic E-state index is 0.114. The minimum Gasteiger partial charge on any atom is -0.390 e. The molecule has 4 aliphatic carbocycles. The summed E-state index contributed by atoms with van der Waals surface area (Å²) in [6.45, 7) is 7.92. The average molecular weight is 477 g/mol. The van der Waals surface area contributed by atoms with Gasteiger partial charge in [0.05, 0.1) is 12.3 Å². The van der Waals surface area contributed by atoms with Crippen molar-refractivity contribution in [1.82, 2.24) is 5.01 Å². The molecule has 4 unspecified atom stereocenters. The van der Waals surface area contributed by atoms with Crippen LogP contribution in [0.1, 0.15) is 59.8 Å². The van der Waals surface area contributed by atoms with Gasteiger partial charge in [-0.3, -0.25) is 4.79 Å². The number of ketones is 1. The predicted molar refractivity (Wildman–Crippen MR) is 130 cm³/mol. The zero-order valence-electron chi connectivity index (χ0n) is 21.7. The number of nitrogens with zero attached hydrogens (tertiary/aromatic N) is 2. The molecule has 0 amide bonds. The molecule has 7 atom stereocenters. The highest BCUT2D eigenvalue weighted by molar-refractivity contribution is 6.01. The van der Waals surface area contributed by atoms with Gasteiger partial charge in [-0.25, -0.2) is 4.39 Å². The second-order valence-corrected chi connectivity index (χ2v) is 11.8. The van der Waals surface area contributed by atoms with Crippen LogP contribution in [-0.4, -0.2) is 67.0 Å². The number of rotatable bonds is 6. The average Bonchev–Trinajstić information content (AvgIpc) is 3.06. The largest absolute Gasteiger partial charge is 0.390 e. The summed E-state index contributed by atoms with van der Waals surface area (Å²) in [7, 11) is 5.31. The van der Waals surface area contributed by atoms with E-state index in [1.165, 1.54) is 6.08 Å². The Balaban J connectivity index is 1.79.